The summed E-state index contributed by atoms with van der Waals surface area (Å²) in [4.78, 5) is 11.0. The second kappa shape index (κ2) is 3.82. The topological polar surface area (TPSA) is 97.5 Å². The zero-order valence-corrected chi connectivity index (χ0v) is 9.90. The number of rotatable bonds is 2. The lowest BCUT2D eigenvalue weighted by atomic mass is 9.85. The minimum Gasteiger partial charge on any atom is -0.481 e. The Hall–Kier alpha value is -1.40. The van der Waals surface area contributed by atoms with Crippen molar-refractivity contribution in [3.05, 3.63) is 29.8 Å². The monoisotopic (exact) mass is 255 g/mol. The molecule has 1 aromatic rings. The van der Waals surface area contributed by atoms with Gasteiger partial charge in [-0.1, -0.05) is 18.2 Å². The molecule has 1 aliphatic heterocycles. The van der Waals surface area contributed by atoms with Gasteiger partial charge in [-0.2, -0.15) is 0 Å². The molecule has 0 radical (unpaired) electrons. The van der Waals surface area contributed by atoms with Crippen LogP contribution in [-0.4, -0.2) is 25.2 Å². The fraction of sp³-hybridized carbons (Fsp3) is 0.364. The number of hydrogen-bond acceptors (Lipinski definition) is 4. The Morgan fingerprint density at radius 3 is 2.71 bits per heavy atom. The lowest BCUT2D eigenvalue weighted by molar-refractivity contribution is -0.138. The first-order chi connectivity index (χ1) is 7.85. The number of carboxylic acids is 1. The summed E-state index contributed by atoms with van der Waals surface area (Å²) in [5.74, 6) is -1.13. The molecule has 5 nitrogen and oxygen atoms in total. The Labute approximate surface area is 99.2 Å². The van der Waals surface area contributed by atoms with E-state index in [1.54, 1.807) is 18.2 Å². The number of benzene rings is 1. The van der Waals surface area contributed by atoms with Crippen molar-refractivity contribution in [3.8, 4) is 0 Å². The second-order valence-electron chi connectivity index (χ2n) is 4.29. The number of carboxylic acid groups (broad SMARTS) is 1. The summed E-state index contributed by atoms with van der Waals surface area (Å²) in [5.41, 5.74) is 5.37. The summed E-state index contributed by atoms with van der Waals surface area (Å²) in [5, 5.41) is 8.86. The van der Waals surface area contributed by atoms with Gasteiger partial charge in [0, 0.05) is 0 Å². The number of sulfone groups is 1. The molecule has 92 valence electrons. The highest BCUT2D eigenvalue weighted by Crippen LogP contribution is 2.37. The van der Waals surface area contributed by atoms with E-state index in [-0.39, 0.29) is 23.5 Å². The molecule has 1 heterocycles. The Bertz CT molecular complexity index is 567. The molecule has 0 saturated carbocycles. The van der Waals surface area contributed by atoms with Gasteiger partial charge in [0.1, 0.15) is 0 Å². The predicted molar refractivity (Wildman–Crippen MR) is 61.2 cm³/mol. The third-order valence-electron chi connectivity index (χ3n) is 3.04. The Morgan fingerprint density at radius 2 is 2.06 bits per heavy atom. The van der Waals surface area contributed by atoms with E-state index in [2.05, 4.69) is 0 Å². The number of nitrogens with two attached hydrogens (primary N) is 1. The largest absolute Gasteiger partial charge is 0.481 e. The smallest absolute Gasteiger partial charge is 0.305 e. The molecule has 0 bridgehead atoms. The quantitative estimate of drug-likeness (QED) is 0.801. The SMILES string of the molecule is NC1(CC(=O)O)CCS(=O)(=O)c2ccccc21. The summed E-state index contributed by atoms with van der Waals surface area (Å²) in [6, 6.07) is 6.36. The molecule has 0 aromatic heterocycles. The summed E-state index contributed by atoms with van der Waals surface area (Å²) in [7, 11) is -3.32. The van der Waals surface area contributed by atoms with Crippen LogP contribution in [0, 0.1) is 0 Å². The van der Waals surface area contributed by atoms with Crippen molar-refractivity contribution in [1.29, 1.82) is 0 Å². The fourth-order valence-corrected chi connectivity index (χ4v) is 3.91. The van der Waals surface area contributed by atoms with Crippen molar-refractivity contribution < 1.29 is 18.3 Å². The molecule has 0 saturated heterocycles. The van der Waals surface area contributed by atoms with Crippen molar-refractivity contribution in [2.24, 2.45) is 5.73 Å². The maximum atomic E-state index is 11.8. The molecule has 3 N–H and O–H groups in total. The average molecular weight is 255 g/mol. The summed E-state index contributed by atoms with van der Waals surface area (Å²) in [6.07, 6.45) is -0.127. The maximum Gasteiger partial charge on any atom is 0.305 e. The minimum atomic E-state index is -3.32. The zero-order valence-electron chi connectivity index (χ0n) is 9.09. The van der Waals surface area contributed by atoms with Gasteiger partial charge in [0.2, 0.25) is 0 Å². The first-order valence-corrected chi connectivity index (χ1v) is 6.83. The van der Waals surface area contributed by atoms with Gasteiger partial charge in [-0.3, -0.25) is 4.79 Å². The van der Waals surface area contributed by atoms with Crippen LogP contribution in [0.2, 0.25) is 0 Å². The molecule has 6 heteroatoms. The van der Waals surface area contributed by atoms with Gasteiger partial charge in [-0.25, -0.2) is 8.42 Å². The molecular weight excluding hydrogens is 242 g/mol. The standard InChI is InChI=1S/C11H13NO4S/c12-11(7-10(13)14)5-6-17(15,16)9-4-2-1-3-8(9)11/h1-4H,5-7,12H2,(H,13,14). The summed E-state index contributed by atoms with van der Waals surface area (Å²) >= 11 is 0. The van der Waals surface area contributed by atoms with Crippen LogP contribution >= 0.6 is 0 Å². The number of aliphatic carboxylic acids is 1. The number of carbonyl (C=O) groups is 1. The number of hydrogen-bond donors (Lipinski definition) is 2. The zero-order chi connectivity index (χ0) is 12.7. The van der Waals surface area contributed by atoms with Crippen LogP contribution in [0.5, 0.6) is 0 Å². The molecule has 0 aliphatic carbocycles. The molecule has 0 amide bonds. The van der Waals surface area contributed by atoms with Crippen molar-refractivity contribution in [3.63, 3.8) is 0 Å². The highest BCUT2D eigenvalue weighted by Gasteiger charge is 2.40. The molecule has 1 unspecified atom stereocenters. The maximum absolute atomic E-state index is 11.8. The molecular formula is C11H13NO4S. The normalized spacial score (nSPS) is 26.2. The Kier molecular flexibility index (Phi) is 2.71. The molecule has 0 fully saturated rings. The molecule has 17 heavy (non-hydrogen) atoms. The fourth-order valence-electron chi connectivity index (χ4n) is 2.16. The average Bonchev–Trinajstić information content (AvgIpc) is 2.25. The molecule has 0 spiro atoms. The van der Waals surface area contributed by atoms with E-state index in [1.165, 1.54) is 6.07 Å². The van der Waals surface area contributed by atoms with Crippen LogP contribution in [0.15, 0.2) is 29.2 Å². The van der Waals surface area contributed by atoms with Crippen molar-refractivity contribution in [2.75, 3.05) is 5.75 Å². The van der Waals surface area contributed by atoms with Crippen molar-refractivity contribution >= 4 is 15.8 Å². The molecule has 1 aromatic carbocycles. The lowest BCUT2D eigenvalue weighted by Crippen LogP contribution is -2.44. The van der Waals surface area contributed by atoms with E-state index in [1.807, 2.05) is 0 Å². The van der Waals surface area contributed by atoms with Gasteiger partial charge in [0.15, 0.2) is 9.84 Å². The molecule has 2 rings (SSSR count). The van der Waals surface area contributed by atoms with Crippen molar-refractivity contribution in [2.45, 2.75) is 23.3 Å². The van der Waals surface area contributed by atoms with Crippen LogP contribution in [0.4, 0.5) is 0 Å². The van der Waals surface area contributed by atoms with Gasteiger partial charge >= 0.3 is 5.97 Å². The lowest BCUT2D eigenvalue weighted by Gasteiger charge is -2.34. The van der Waals surface area contributed by atoms with Crippen molar-refractivity contribution in [1.82, 2.24) is 0 Å². The molecule has 1 aliphatic rings. The van der Waals surface area contributed by atoms with E-state index < -0.39 is 21.3 Å². The molecule has 1 atom stereocenters. The van der Waals surface area contributed by atoms with Crippen LogP contribution in [0.3, 0.4) is 0 Å². The number of fused-ring (bicyclic) bond motifs is 1. The second-order valence-corrected chi connectivity index (χ2v) is 6.37. The van der Waals surface area contributed by atoms with Gasteiger partial charge in [0.05, 0.1) is 22.6 Å². The van der Waals surface area contributed by atoms with Crippen LogP contribution in [0.25, 0.3) is 0 Å². The minimum absolute atomic E-state index is 0.103. The van der Waals surface area contributed by atoms with E-state index in [4.69, 9.17) is 10.8 Å². The highest BCUT2D eigenvalue weighted by atomic mass is 32.2. The first kappa shape index (κ1) is 12.1. The highest BCUT2D eigenvalue weighted by molar-refractivity contribution is 7.91. The van der Waals surface area contributed by atoms with Gasteiger partial charge in [-0.15, -0.1) is 0 Å². The first-order valence-electron chi connectivity index (χ1n) is 5.18. The van der Waals surface area contributed by atoms with E-state index in [0.717, 1.165) is 0 Å². The third-order valence-corrected chi connectivity index (χ3v) is 4.81. The summed E-state index contributed by atoms with van der Waals surface area (Å²) < 4.78 is 23.7. The third kappa shape index (κ3) is 2.05. The van der Waals surface area contributed by atoms with Crippen LogP contribution in [0.1, 0.15) is 18.4 Å². The van der Waals surface area contributed by atoms with E-state index >= 15 is 0 Å². The van der Waals surface area contributed by atoms with Gasteiger partial charge in [0.25, 0.3) is 0 Å². The van der Waals surface area contributed by atoms with Gasteiger partial charge in [-0.05, 0) is 18.1 Å². The van der Waals surface area contributed by atoms with Crippen LogP contribution < -0.4 is 5.73 Å². The predicted octanol–water partition coefficient (Wildman–Crippen LogP) is 0.493. The van der Waals surface area contributed by atoms with E-state index in [0.29, 0.717) is 5.56 Å². The van der Waals surface area contributed by atoms with Crippen LogP contribution in [-0.2, 0) is 20.2 Å². The van der Waals surface area contributed by atoms with Gasteiger partial charge < -0.3 is 10.8 Å². The Morgan fingerprint density at radius 1 is 1.41 bits per heavy atom. The Balaban J connectivity index is 2.59. The summed E-state index contributed by atoms with van der Waals surface area (Å²) in [6.45, 7) is 0. The van der Waals surface area contributed by atoms with E-state index in [9.17, 15) is 13.2 Å².